The van der Waals surface area contributed by atoms with Crippen LogP contribution in [0.4, 0.5) is 4.79 Å². The first-order chi connectivity index (χ1) is 12.4. The minimum Gasteiger partial charge on any atom is -0.490 e. The fourth-order valence-corrected chi connectivity index (χ4v) is 2.49. The Morgan fingerprint density at radius 2 is 2.04 bits per heavy atom. The summed E-state index contributed by atoms with van der Waals surface area (Å²) in [5, 5.41) is 8.84. The lowest BCUT2D eigenvalue weighted by molar-refractivity contribution is -0.0141. The van der Waals surface area contributed by atoms with Crippen LogP contribution in [0.25, 0.3) is 0 Å². The summed E-state index contributed by atoms with van der Waals surface area (Å²) in [5.74, 6) is 0.715. The highest BCUT2D eigenvalue weighted by atomic mass is 16.6. The van der Waals surface area contributed by atoms with E-state index in [-0.39, 0.29) is 18.7 Å². The molecule has 2 heterocycles. The molecule has 1 saturated heterocycles. The summed E-state index contributed by atoms with van der Waals surface area (Å²) < 4.78 is 11.2. The van der Waals surface area contributed by atoms with Crippen LogP contribution in [0.1, 0.15) is 59.4 Å². The predicted molar refractivity (Wildman–Crippen MR) is 102 cm³/mol. The Kier molecular flexibility index (Phi) is 9.41. The fourth-order valence-electron chi connectivity index (χ4n) is 2.49. The Hall–Kier alpha value is -1.82. The van der Waals surface area contributed by atoms with Crippen molar-refractivity contribution in [3.8, 4) is 5.75 Å². The molecular formula is C20H34N2O4. The first-order valence-corrected chi connectivity index (χ1v) is 9.56. The second kappa shape index (κ2) is 11.0. The summed E-state index contributed by atoms with van der Waals surface area (Å²) >= 11 is 0. The van der Waals surface area contributed by atoms with Gasteiger partial charge in [-0.25, -0.2) is 4.79 Å². The molecule has 1 aliphatic heterocycles. The van der Waals surface area contributed by atoms with Gasteiger partial charge in [0.05, 0.1) is 12.2 Å². The van der Waals surface area contributed by atoms with Crippen LogP contribution in [0, 0.1) is 0 Å². The largest absolute Gasteiger partial charge is 0.490 e. The second-order valence-corrected chi connectivity index (χ2v) is 7.14. The molecule has 1 aromatic rings. The zero-order valence-corrected chi connectivity index (χ0v) is 16.8. The van der Waals surface area contributed by atoms with Gasteiger partial charge in [0.1, 0.15) is 18.0 Å². The third-order valence-electron chi connectivity index (χ3n) is 3.86. The summed E-state index contributed by atoms with van der Waals surface area (Å²) in [6.45, 7) is 11.0. The number of pyridine rings is 1. The van der Waals surface area contributed by atoms with Gasteiger partial charge in [-0.05, 0) is 58.1 Å². The third kappa shape index (κ3) is 7.60. The van der Waals surface area contributed by atoms with Crippen molar-refractivity contribution in [2.75, 3.05) is 19.8 Å². The molecule has 1 N–H and O–H groups in total. The number of carbonyl (C=O) groups is 1. The van der Waals surface area contributed by atoms with Crippen molar-refractivity contribution in [1.82, 2.24) is 9.88 Å². The normalized spacial score (nSPS) is 16.2. The SMILES string of the molecule is CC.CC(C)(C)OC(=O)N1CCC1COc1cncc(CCCCO)c1. The monoisotopic (exact) mass is 366 g/mol. The first-order valence-electron chi connectivity index (χ1n) is 9.56. The second-order valence-electron chi connectivity index (χ2n) is 7.14. The number of rotatable bonds is 7. The molecule has 26 heavy (non-hydrogen) atoms. The summed E-state index contributed by atoms with van der Waals surface area (Å²) in [5.41, 5.74) is 0.615. The van der Waals surface area contributed by atoms with Crippen LogP contribution in [0.15, 0.2) is 18.5 Å². The molecule has 6 nitrogen and oxygen atoms in total. The molecule has 6 heteroatoms. The zero-order valence-electron chi connectivity index (χ0n) is 16.8. The minimum atomic E-state index is -0.481. The molecule has 1 aromatic heterocycles. The molecule has 1 aliphatic rings. The summed E-state index contributed by atoms with van der Waals surface area (Å²) in [6, 6.07) is 2.03. The molecule has 1 amide bonds. The van der Waals surface area contributed by atoms with E-state index in [9.17, 15) is 4.79 Å². The van der Waals surface area contributed by atoms with Crippen molar-refractivity contribution in [3.05, 3.63) is 24.0 Å². The van der Waals surface area contributed by atoms with Gasteiger partial charge >= 0.3 is 6.09 Å². The molecule has 2 rings (SSSR count). The molecule has 0 saturated carbocycles. The van der Waals surface area contributed by atoms with Gasteiger partial charge in [0.2, 0.25) is 0 Å². The van der Waals surface area contributed by atoms with Crippen LogP contribution < -0.4 is 4.74 Å². The van der Waals surface area contributed by atoms with Crippen molar-refractivity contribution >= 4 is 6.09 Å². The van der Waals surface area contributed by atoms with Crippen LogP contribution in [0.3, 0.4) is 0 Å². The Morgan fingerprint density at radius 1 is 1.31 bits per heavy atom. The number of carbonyl (C=O) groups excluding carboxylic acids is 1. The van der Waals surface area contributed by atoms with E-state index in [0.29, 0.717) is 18.9 Å². The average molecular weight is 367 g/mol. The van der Waals surface area contributed by atoms with E-state index in [0.717, 1.165) is 31.2 Å². The van der Waals surface area contributed by atoms with E-state index in [1.165, 1.54) is 0 Å². The number of hydrogen-bond donors (Lipinski definition) is 1. The van der Waals surface area contributed by atoms with Crippen molar-refractivity contribution in [2.24, 2.45) is 0 Å². The molecule has 0 aliphatic carbocycles. The smallest absolute Gasteiger partial charge is 0.410 e. The topological polar surface area (TPSA) is 71.9 Å². The molecule has 0 spiro atoms. The maximum Gasteiger partial charge on any atom is 0.410 e. The van der Waals surface area contributed by atoms with Gasteiger partial charge < -0.3 is 19.5 Å². The number of aliphatic hydroxyl groups is 1. The first kappa shape index (κ1) is 22.2. The van der Waals surface area contributed by atoms with Crippen molar-refractivity contribution < 1.29 is 19.4 Å². The number of likely N-dealkylation sites (tertiary alicyclic amines) is 1. The Labute approximate surface area is 157 Å². The van der Waals surface area contributed by atoms with Crippen LogP contribution in [0.5, 0.6) is 5.75 Å². The minimum absolute atomic E-state index is 0.0536. The number of amides is 1. The van der Waals surface area contributed by atoms with E-state index in [1.54, 1.807) is 11.1 Å². The van der Waals surface area contributed by atoms with Crippen molar-refractivity contribution in [3.63, 3.8) is 0 Å². The van der Waals surface area contributed by atoms with E-state index >= 15 is 0 Å². The van der Waals surface area contributed by atoms with E-state index in [2.05, 4.69) is 4.98 Å². The van der Waals surface area contributed by atoms with Gasteiger partial charge in [-0.15, -0.1) is 0 Å². The number of aryl methyl sites for hydroxylation is 1. The summed E-state index contributed by atoms with van der Waals surface area (Å²) in [6.07, 6.45) is 6.74. The van der Waals surface area contributed by atoms with Crippen LogP contribution in [-0.2, 0) is 11.2 Å². The van der Waals surface area contributed by atoms with Gasteiger partial charge in [0.15, 0.2) is 0 Å². The quantitative estimate of drug-likeness (QED) is 0.743. The maximum atomic E-state index is 12.1. The van der Waals surface area contributed by atoms with Crippen molar-refractivity contribution in [2.45, 2.75) is 71.9 Å². The Bertz CT molecular complexity index is 543. The molecule has 1 unspecified atom stereocenters. The lowest BCUT2D eigenvalue weighted by Crippen LogP contribution is -2.55. The standard InChI is InChI=1S/C18H28N2O4.C2H6/c1-18(2,3)24-17(22)20-8-7-15(20)13-23-16-10-14(11-19-12-16)6-4-5-9-21;1-2/h10-12,15,21H,4-9,13H2,1-3H3;1-2H3. The Balaban J connectivity index is 0.00000163. The molecule has 0 radical (unpaired) electrons. The molecular weight excluding hydrogens is 332 g/mol. The number of ether oxygens (including phenoxy) is 2. The number of unbranched alkanes of at least 4 members (excludes halogenated alkanes) is 1. The van der Waals surface area contributed by atoms with Gasteiger partial charge in [-0.2, -0.15) is 0 Å². The van der Waals surface area contributed by atoms with Gasteiger partial charge in [-0.3, -0.25) is 4.98 Å². The highest BCUT2D eigenvalue weighted by molar-refractivity contribution is 5.69. The number of hydrogen-bond acceptors (Lipinski definition) is 5. The number of aromatic nitrogens is 1. The fraction of sp³-hybridized carbons (Fsp3) is 0.700. The Morgan fingerprint density at radius 3 is 2.62 bits per heavy atom. The molecule has 1 atom stereocenters. The highest BCUT2D eigenvalue weighted by Gasteiger charge is 2.35. The molecule has 0 bridgehead atoms. The highest BCUT2D eigenvalue weighted by Crippen LogP contribution is 2.22. The van der Waals surface area contributed by atoms with Gasteiger partial charge in [-0.1, -0.05) is 13.8 Å². The summed E-state index contributed by atoms with van der Waals surface area (Å²) in [4.78, 5) is 18.0. The molecule has 0 aromatic carbocycles. The summed E-state index contributed by atoms with van der Waals surface area (Å²) in [7, 11) is 0. The van der Waals surface area contributed by atoms with Crippen LogP contribution in [0.2, 0.25) is 0 Å². The zero-order chi connectivity index (χ0) is 19.6. The number of nitrogens with zero attached hydrogens (tertiary/aromatic N) is 2. The molecule has 1 fully saturated rings. The van der Waals surface area contributed by atoms with E-state index in [1.807, 2.05) is 46.9 Å². The van der Waals surface area contributed by atoms with Crippen LogP contribution in [-0.4, -0.2) is 52.5 Å². The maximum absolute atomic E-state index is 12.1. The lowest BCUT2D eigenvalue weighted by Gasteiger charge is -2.40. The van der Waals surface area contributed by atoms with E-state index < -0.39 is 5.60 Å². The van der Waals surface area contributed by atoms with E-state index in [4.69, 9.17) is 14.6 Å². The lowest BCUT2D eigenvalue weighted by atomic mass is 10.1. The third-order valence-corrected chi connectivity index (χ3v) is 3.86. The predicted octanol–water partition coefficient (Wildman–Crippen LogP) is 3.81. The molecule has 148 valence electrons. The van der Waals surface area contributed by atoms with Crippen molar-refractivity contribution in [1.29, 1.82) is 0 Å². The average Bonchev–Trinajstić information content (AvgIpc) is 2.55. The van der Waals surface area contributed by atoms with Gasteiger partial charge in [0, 0.05) is 19.3 Å². The van der Waals surface area contributed by atoms with Crippen LogP contribution >= 0.6 is 0 Å². The van der Waals surface area contributed by atoms with Gasteiger partial charge in [0.25, 0.3) is 0 Å². The number of aliphatic hydroxyl groups excluding tert-OH is 1.